The van der Waals surface area contributed by atoms with Gasteiger partial charge in [-0.2, -0.15) is 0 Å². The predicted octanol–water partition coefficient (Wildman–Crippen LogP) is 3.29. The zero-order valence-corrected chi connectivity index (χ0v) is 20.5. The summed E-state index contributed by atoms with van der Waals surface area (Å²) in [6.45, 7) is 15.5. The van der Waals surface area contributed by atoms with Gasteiger partial charge >= 0.3 is 13.2 Å². The smallest absolute Gasteiger partial charge is 0.444 e. The van der Waals surface area contributed by atoms with Crippen molar-refractivity contribution in [2.75, 3.05) is 19.6 Å². The molecule has 2 aliphatic rings. The maximum absolute atomic E-state index is 13.0. The third-order valence-electron chi connectivity index (χ3n) is 6.35. The van der Waals surface area contributed by atoms with Crippen molar-refractivity contribution in [2.24, 2.45) is 0 Å². The molecular weight excluding hydrogens is 407 g/mol. The number of carbonyl (C=O) groups is 2. The van der Waals surface area contributed by atoms with Crippen molar-refractivity contribution >= 4 is 24.6 Å². The number of benzene rings is 1. The van der Waals surface area contributed by atoms with E-state index in [0.29, 0.717) is 18.5 Å². The van der Waals surface area contributed by atoms with Gasteiger partial charge in [0.1, 0.15) is 5.60 Å². The Morgan fingerprint density at radius 1 is 1.09 bits per heavy atom. The number of nitrogens with zero attached hydrogens (tertiary/aromatic N) is 1. The molecule has 7 nitrogen and oxygen atoms in total. The lowest BCUT2D eigenvalue weighted by molar-refractivity contribution is 0.00578. The van der Waals surface area contributed by atoms with Gasteiger partial charge < -0.3 is 24.3 Å². The number of likely N-dealkylation sites (tertiary alicyclic amines) is 1. The van der Waals surface area contributed by atoms with E-state index in [1.807, 2.05) is 71.6 Å². The minimum absolute atomic E-state index is 0.0457. The lowest BCUT2D eigenvalue weighted by atomic mass is 9.74. The highest BCUT2D eigenvalue weighted by atomic mass is 16.7. The second-order valence-corrected chi connectivity index (χ2v) is 10.7. The Balaban J connectivity index is 1.81. The van der Waals surface area contributed by atoms with E-state index >= 15 is 0 Å². The molecule has 1 aromatic rings. The van der Waals surface area contributed by atoms with Crippen LogP contribution in [0.1, 0.15) is 77.2 Å². The number of nitrogens with one attached hydrogen (secondary N) is 1. The molecule has 0 aromatic heterocycles. The summed E-state index contributed by atoms with van der Waals surface area (Å²) in [5.41, 5.74) is 0.971. The minimum Gasteiger partial charge on any atom is -0.444 e. The maximum atomic E-state index is 13.0. The van der Waals surface area contributed by atoms with Crippen LogP contribution in [0.15, 0.2) is 18.2 Å². The van der Waals surface area contributed by atoms with Crippen molar-refractivity contribution in [2.45, 2.75) is 84.5 Å². The second kappa shape index (κ2) is 9.06. The Labute approximate surface area is 192 Å². The Hall–Kier alpha value is -2.06. The average molecular weight is 444 g/mol. The van der Waals surface area contributed by atoms with Crippen LogP contribution in [-0.4, -0.2) is 60.5 Å². The van der Waals surface area contributed by atoms with Gasteiger partial charge in [0, 0.05) is 25.2 Å². The van der Waals surface area contributed by atoms with Gasteiger partial charge in [-0.3, -0.25) is 4.79 Å². The molecule has 2 fully saturated rings. The minimum atomic E-state index is -0.556. The van der Waals surface area contributed by atoms with Gasteiger partial charge in [-0.1, -0.05) is 6.07 Å². The van der Waals surface area contributed by atoms with Crippen LogP contribution in [0.5, 0.6) is 0 Å². The van der Waals surface area contributed by atoms with E-state index in [0.717, 1.165) is 37.0 Å². The fourth-order valence-corrected chi connectivity index (χ4v) is 3.87. The summed E-state index contributed by atoms with van der Waals surface area (Å²) in [5, 5.41) is 2.80. The molecule has 32 heavy (non-hydrogen) atoms. The average Bonchev–Trinajstić information content (AvgIpc) is 3.26. The van der Waals surface area contributed by atoms with Crippen molar-refractivity contribution in [3.63, 3.8) is 0 Å². The van der Waals surface area contributed by atoms with Crippen LogP contribution < -0.4 is 10.8 Å². The third-order valence-corrected chi connectivity index (χ3v) is 6.35. The molecule has 2 amide bonds. The number of alkyl carbamates (subject to hydrolysis) is 1. The van der Waals surface area contributed by atoms with E-state index in [-0.39, 0.29) is 5.91 Å². The first-order valence-electron chi connectivity index (χ1n) is 11.5. The second-order valence-electron chi connectivity index (χ2n) is 10.7. The molecule has 8 heteroatoms. The molecule has 176 valence electrons. The molecule has 2 heterocycles. The molecule has 1 N–H and O–H groups in total. The van der Waals surface area contributed by atoms with E-state index in [1.54, 1.807) is 0 Å². The van der Waals surface area contributed by atoms with Gasteiger partial charge in [0.25, 0.3) is 5.91 Å². The zero-order chi connectivity index (χ0) is 23.7. The van der Waals surface area contributed by atoms with Crippen LogP contribution in [0.3, 0.4) is 0 Å². The first-order valence-corrected chi connectivity index (χ1v) is 11.5. The summed E-state index contributed by atoms with van der Waals surface area (Å²) in [6, 6.07) is 5.69. The molecule has 0 aliphatic carbocycles. The number of carbonyl (C=O) groups excluding carboxylic acids is 2. The summed E-state index contributed by atoms with van der Waals surface area (Å²) < 4.78 is 17.8. The third kappa shape index (κ3) is 5.65. The molecule has 2 saturated heterocycles. The van der Waals surface area contributed by atoms with Gasteiger partial charge in [-0.05, 0) is 90.9 Å². The highest BCUT2D eigenvalue weighted by Crippen LogP contribution is 2.36. The van der Waals surface area contributed by atoms with E-state index < -0.39 is 30.0 Å². The Bertz CT molecular complexity index is 840. The molecular formula is C24H37BN2O5. The maximum Gasteiger partial charge on any atom is 0.495 e. The predicted molar refractivity (Wildman–Crippen MR) is 125 cm³/mol. The van der Waals surface area contributed by atoms with Crippen LogP contribution in [-0.2, 0) is 20.5 Å². The topological polar surface area (TPSA) is 77.1 Å². The molecule has 0 spiro atoms. The van der Waals surface area contributed by atoms with Gasteiger partial charge in [0.2, 0.25) is 0 Å². The van der Waals surface area contributed by atoms with Crippen molar-refractivity contribution in [3.8, 4) is 0 Å². The number of ether oxygens (including phenoxy) is 1. The largest absolute Gasteiger partial charge is 0.495 e. The summed E-state index contributed by atoms with van der Waals surface area (Å²) in [6.07, 6.45) is 2.16. The monoisotopic (exact) mass is 444 g/mol. The van der Waals surface area contributed by atoms with Crippen molar-refractivity contribution in [3.05, 3.63) is 29.3 Å². The van der Waals surface area contributed by atoms with Crippen LogP contribution in [0, 0.1) is 0 Å². The normalized spacial score (nSPS) is 19.8. The fraction of sp³-hybridized carbons (Fsp3) is 0.667. The van der Waals surface area contributed by atoms with Crippen LogP contribution in [0.4, 0.5) is 4.79 Å². The van der Waals surface area contributed by atoms with Gasteiger partial charge in [0.15, 0.2) is 0 Å². The number of hydrogen-bond acceptors (Lipinski definition) is 5. The molecule has 0 radical (unpaired) electrons. The van der Waals surface area contributed by atoms with Gasteiger partial charge in [-0.25, -0.2) is 4.79 Å². The first kappa shape index (κ1) is 24.6. The molecule has 0 bridgehead atoms. The van der Waals surface area contributed by atoms with Gasteiger partial charge in [-0.15, -0.1) is 0 Å². The molecule has 3 rings (SSSR count). The summed E-state index contributed by atoms with van der Waals surface area (Å²) in [4.78, 5) is 26.9. The molecule has 0 saturated carbocycles. The lowest BCUT2D eigenvalue weighted by Crippen LogP contribution is -2.41. The first-order chi connectivity index (χ1) is 14.8. The van der Waals surface area contributed by atoms with Crippen molar-refractivity contribution in [1.82, 2.24) is 10.2 Å². The summed E-state index contributed by atoms with van der Waals surface area (Å²) in [5.74, 6) is 0.0457. The Morgan fingerprint density at radius 3 is 2.25 bits per heavy atom. The fourth-order valence-electron chi connectivity index (χ4n) is 3.87. The van der Waals surface area contributed by atoms with E-state index in [1.165, 1.54) is 0 Å². The highest BCUT2D eigenvalue weighted by Gasteiger charge is 2.52. The molecule has 1 aromatic carbocycles. The van der Waals surface area contributed by atoms with Crippen molar-refractivity contribution < 1.29 is 23.6 Å². The molecule has 0 atom stereocenters. The van der Waals surface area contributed by atoms with E-state index in [9.17, 15) is 9.59 Å². The Kier molecular flexibility index (Phi) is 6.96. The van der Waals surface area contributed by atoms with Crippen molar-refractivity contribution in [1.29, 1.82) is 0 Å². The SMILES string of the molecule is CC(C)(C)OC(=O)NCCc1cc(C(=O)N2CCCC2)ccc1B1OC(C)(C)C(C)(C)O1. The zero-order valence-electron chi connectivity index (χ0n) is 20.5. The standard InChI is InChI=1S/C24H37BN2O5/c1-22(2,3)30-21(29)26-13-12-17-16-18(20(28)27-14-8-9-15-27)10-11-19(17)25-31-23(4,5)24(6,7)32-25/h10-11,16H,8-9,12-15H2,1-7H3,(H,26,29). The summed E-state index contributed by atoms with van der Waals surface area (Å²) in [7, 11) is -0.535. The number of rotatable bonds is 5. The van der Waals surface area contributed by atoms with E-state index in [2.05, 4.69) is 5.32 Å². The lowest BCUT2D eigenvalue weighted by Gasteiger charge is -2.32. The van der Waals surface area contributed by atoms with Crippen LogP contribution in [0.2, 0.25) is 0 Å². The molecule has 2 aliphatic heterocycles. The van der Waals surface area contributed by atoms with Crippen LogP contribution in [0.25, 0.3) is 0 Å². The Morgan fingerprint density at radius 2 is 1.69 bits per heavy atom. The van der Waals surface area contributed by atoms with Gasteiger partial charge in [0.05, 0.1) is 11.2 Å². The number of hydrogen-bond donors (Lipinski definition) is 1. The number of amides is 2. The van der Waals surface area contributed by atoms with Crippen LogP contribution >= 0.6 is 0 Å². The summed E-state index contributed by atoms with van der Waals surface area (Å²) >= 11 is 0. The quantitative estimate of drug-likeness (QED) is 0.706. The molecule has 0 unspecified atom stereocenters. The highest BCUT2D eigenvalue weighted by molar-refractivity contribution is 6.62. The van der Waals surface area contributed by atoms with E-state index in [4.69, 9.17) is 14.0 Å².